The van der Waals surface area contributed by atoms with Crippen molar-refractivity contribution < 1.29 is 17.9 Å². The molecular weight excluding hydrogens is 365 g/mol. The maximum absolute atomic E-state index is 12.9. The first-order chi connectivity index (χ1) is 7.79. The highest BCUT2D eigenvalue weighted by Crippen LogP contribution is 2.46. The molecule has 0 fully saturated rings. The summed E-state index contributed by atoms with van der Waals surface area (Å²) >= 11 is 5.80. The molecule has 2 unspecified atom stereocenters. The zero-order valence-electron chi connectivity index (χ0n) is 10.1. The van der Waals surface area contributed by atoms with Gasteiger partial charge in [-0.15, -0.1) is 0 Å². The minimum absolute atomic E-state index is 0.0157. The molecule has 0 rings (SSSR count). The van der Waals surface area contributed by atoms with Crippen LogP contribution in [0.4, 0.5) is 13.2 Å². The Hall–Kier alpha value is 0.710. The van der Waals surface area contributed by atoms with Crippen molar-refractivity contribution in [2.24, 2.45) is 0 Å². The molecule has 104 valence electrons. The molecule has 0 N–H and O–H groups in total. The molecule has 17 heavy (non-hydrogen) atoms. The molecule has 1 nitrogen and oxygen atoms in total. The Kier molecular flexibility index (Phi) is 8.33. The average Bonchev–Trinajstić information content (AvgIpc) is 2.22. The van der Waals surface area contributed by atoms with Crippen LogP contribution in [0.25, 0.3) is 0 Å². The van der Waals surface area contributed by atoms with E-state index in [1.807, 2.05) is 0 Å². The van der Waals surface area contributed by atoms with Crippen molar-refractivity contribution >= 4 is 31.9 Å². The second kappa shape index (κ2) is 8.00. The first kappa shape index (κ1) is 17.7. The molecule has 0 aromatic heterocycles. The van der Waals surface area contributed by atoms with Crippen LogP contribution < -0.4 is 0 Å². The second-order valence-electron chi connectivity index (χ2n) is 3.89. The van der Waals surface area contributed by atoms with Crippen LogP contribution in [0.2, 0.25) is 0 Å². The number of hydrogen-bond acceptors (Lipinski definition) is 1. The zero-order chi connectivity index (χ0) is 13.5. The summed E-state index contributed by atoms with van der Waals surface area (Å²) in [5, 5.41) is 0. The van der Waals surface area contributed by atoms with Gasteiger partial charge in [0.15, 0.2) is 0 Å². The van der Waals surface area contributed by atoms with E-state index in [1.165, 1.54) is 0 Å². The molecule has 2 atom stereocenters. The van der Waals surface area contributed by atoms with Gasteiger partial charge in [0.05, 0.1) is 4.83 Å². The van der Waals surface area contributed by atoms with Crippen LogP contribution in [0.1, 0.15) is 46.0 Å². The first-order valence-electron chi connectivity index (χ1n) is 5.83. The zero-order valence-corrected chi connectivity index (χ0v) is 13.3. The summed E-state index contributed by atoms with van der Waals surface area (Å²) in [6.45, 7) is 3.64. The minimum Gasteiger partial charge on any atom is -0.354 e. The van der Waals surface area contributed by atoms with E-state index in [0.717, 1.165) is 25.7 Å². The molecular formula is C11H19Br2F3O. The van der Waals surface area contributed by atoms with E-state index in [9.17, 15) is 13.2 Å². The third-order valence-corrected chi connectivity index (χ3v) is 5.40. The lowest BCUT2D eigenvalue weighted by molar-refractivity contribution is -0.232. The second-order valence-corrected chi connectivity index (χ2v) is 6.18. The maximum atomic E-state index is 12.9. The lowest BCUT2D eigenvalue weighted by Crippen LogP contribution is -2.49. The van der Waals surface area contributed by atoms with Gasteiger partial charge in [-0.3, -0.25) is 0 Å². The molecule has 0 aliphatic rings. The lowest BCUT2D eigenvalue weighted by Gasteiger charge is -2.34. The Morgan fingerprint density at radius 1 is 1.12 bits per heavy atom. The number of hydrogen-bond donors (Lipinski definition) is 0. The number of unbranched alkanes of at least 4 members (excludes halogenated alkanes) is 3. The van der Waals surface area contributed by atoms with Crippen molar-refractivity contribution in [1.29, 1.82) is 0 Å². The van der Waals surface area contributed by atoms with E-state index in [2.05, 4.69) is 38.8 Å². The van der Waals surface area contributed by atoms with Crippen molar-refractivity contribution in [1.82, 2.24) is 0 Å². The molecule has 0 aliphatic carbocycles. The van der Waals surface area contributed by atoms with E-state index >= 15 is 0 Å². The minimum atomic E-state index is -4.43. The molecule has 0 aromatic rings. The van der Waals surface area contributed by atoms with Crippen LogP contribution in [0.5, 0.6) is 0 Å². The predicted molar refractivity (Wildman–Crippen MR) is 70.8 cm³/mol. The summed E-state index contributed by atoms with van der Waals surface area (Å²) in [7, 11) is 0. The molecule has 0 heterocycles. The standard InChI is InChI=1S/C11H19Br2F3O/c1-3-5-6-7-8-9(12)10(13,17-4-2)11(14,15)16/h9H,3-8H2,1-2H3. The van der Waals surface area contributed by atoms with Gasteiger partial charge in [0.25, 0.3) is 0 Å². The van der Waals surface area contributed by atoms with Crippen LogP contribution >= 0.6 is 31.9 Å². The van der Waals surface area contributed by atoms with Crippen molar-refractivity contribution in [2.45, 2.75) is 61.5 Å². The maximum Gasteiger partial charge on any atom is 0.428 e. The van der Waals surface area contributed by atoms with E-state index < -0.39 is 15.5 Å². The van der Waals surface area contributed by atoms with Crippen LogP contribution in [-0.4, -0.2) is 22.1 Å². The van der Waals surface area contributed by atoms with Crippen molar-refractivity contribution in [3.8, 4) is 0 Å². The van der Waals surface area contributed by atoms with Crippen LogP contribution in [-0.2, 0) is 4.74 Å². The van der Waals surface area contributed by atoms with E-state index in [-0.39, 0.29) is 6.61 Å². The third-order valence-electron chi connectivity index (χ3n) is 2.45. The highest BCUT2D eigenvalue weighted by atomic mass is 79.9. The van der Waals surface area contributed by atoms with Gasteiger partial charge in [0.2, 0.25) is 4.51 Å². The Morgan fingerprint density at radius 2 is 1.71 bits per heavy atom. The van der Waals surface area contributed by atoms with Gasteiger partial charge in [0, 0.05) is 6.61 Å². The molecule has 0 bridgehead atoms. The highest BCUT2D eigenvalue weighted by Gasteiger charge is 2.58. The summed E-state index contributed by atoms with van der Waals surface area (Å²) in [5.74, 6) is 0. The van der Waals surface area contributed by atoms with Crippen molar-refractivity contribution in [3.63, 3.8) is 0 Å². The fourth-order valence-corrected chi connectivity index (χ4v) is 2.67. The summed E-state index contributed by atoms with van der Waals surface area (Å²) in [6.07, 6.45) is -0.161. The largest absolute Gasteiger partial charge is 0.428 e. The Bertz CT molecular complexity index is 211. The van der Waals surface area contributed by atoms with E-state index in [4.69, 9.17) is 4.74 Å². The summed E-state index contributed by atoms with van der Waals surface area (Å²) in [4.78, 5) is -0.771. The van der Waals surface area contributed by atoms with Crippen LogP contribution in [0.3, 0.4) is 0 Å². The SMILES string of the molecule is CCCCCCC(Br)C(Br)(OCC)C(F)(F)F. The molecule has 6 heteroatoms. The van der Waals surface area contributed by atoms with Crippen molar-refractivity contribution in [2.75, 3.05) is 6.61 Å². The van der Waals surface area contributed by atoms with E-state index in [1.54, 1.807) is 6.92 Å². The highest BCUT2D eigenvalue weighted by molar-refractivity contribution is 9.12. The van der Waals surface area contributed by atoms with Crippen LogP contribution in [0, 0.1) is 0 Å². The first-order valence-corrected chi connectivity index (χ1v) is 7.54. The van der Waals surface area contributed by atoms with Gasteiger partial charge < -0.3 is 4.74 Å². The normalized spacial score (nSPS) is 17.8. The van der Waals surface area contributed by atoms with Gasteiger partial charge in [-0.1, -0.05) is 48.5 Å². The van der Waals surface area contributed by atoms with Crippen LogP contribution in [0.15, 0.2) is 0 Å². The molecule has 0 aromatic carbocycles. The summed E-state index contributed by atoms with van der Waals surface area (Å²) < 4.78 is 41.3. The smallest absolute Gasteiger partial charge is 0.354 e. The Labute approximate surface area is 118 Å². The topological polar surface area (TPSA) is 9.23 Å². The predicted octanol–water partition coefficient (Wildman–Crippen LogP) is 5.41. The monoisotopic (exact) mass is 382 g/mol. The summed E-state index contributed by atoms with van der Waals surface area (Å²) in [6, 6.07) is 0. The molecule has 0 radical (unpaired) electrons. The van der Waals surface area contributed by atoms with Gasteiger partial charge >= 0.3 is 6.18 Å². The number of ether oxygens (including phenoxy) is 1. The molecule has 0 saturated heterocycles. The number of alkyl halides is 5. The summed E-state index contributed by atoms with van der Waals surface area (Å²) in [5.41, 5.74) is 0. The van der Waals surface area contributed by atoms with E-state index in [0.29, 0.717) is 6.42 Å². The molecule has 0 spiro atoms. The fraction of sp³-hybridized carbons (Fsp3) is 1.00. The third kappa shape index (κ3) is 5.47. The molecule has 0 aliphatic heterocycles. The molecule has 0 amide bonds. The van der Waals surface area contributed by atoms with Gasteiger partial charge in [-0.2, -0.15) is 13.2 Å². The molecule has 0 saturated carbocycles. The Morgan fingerprint density at radius 3 is 2.12 bits per heavy atom. The number of rotatable bonds is 8. The average molecular weight is 384 g/mol. The lowest BCUT2D eigenvalue weighted by atomic mass is 10.1. The van der Waals surface area contributed by atoms with Gasteiger partial charge in [-0.25, -0.2) is 0 Å². The van der Waals surface area contributed by atoms with Gasteiger partial charge in [0.1, 0.15) is 0 Å². The van der Waals surface area contributed by atoms with Gasteiger partial charge in [-0.05, 0) is 29.3 Å². The fourth-order valence-electron chi connectivity index (χ4n) is 1.50. The number of halogens is 5. The quantitative estimate of drug-likeness (QED) is 0.402. The van der Waals surface area contributed by atoms with Crippen molar-refractivity contribution in [3.05, 3.63) is 0 Å². The Balaban J connectivity index is 4.39.